The van der Waals surface area contributed by atoms with E-state index in [4.69, 9.17) is 0 Å². The zero-order valence-corrected chi connectivity index (χ0v) is 10.7. The first-order valence-corrected chi connectivity index (χ1v) is 6.15. The lowest BCUT2D eigenvalue weighted by molar-refractivity contribution is 0.102. The maximum atomic E-state index is 13.6. The van der Waals surface area contributed by atoms with E-state index in [0.717, 1.165) is 6.07 Å². The number of fused-ring (bicyclic) bond motifs is 1. The van der Waals surface area contributed by atoms with Gasteiger partial charge in [-0.15, -0.1) is 0 Å². The standard InChI is InChI=1S/C15H10FN3O2/c16-10-7-9-3-1-5-17-13(9)11(8-10)15(21)19-14-12(20)4-2-6-18-14/h1-8,20H,(H,18,19,21). The van der Waals surface area contributed by atoms with Gasteiger partial charge in [0.2, 0.25) is 0 Å². The summed E-state index contributed by atoms with van der Waals surface area (Å²) in [4.78, 5) is 20.2. The number of halogens is 1. The normalized spacial score (nSPS) is 10.5. The molecule has 104 valence electrons. The highest BCUT2D eigenvalue weighted by atomic mass is 19.1. The van der Waals surface area contributed by atoms with Crippen LogP contribution in [0.5, 0.6) is 5.75 Å². The van der Waals surface area contributed by atoms with Crippen molar-refractivity contribution in [2.45, 2.75) is 0 Å². The van der Waals surface area contributed by atoms with Crippen LogP contribution in [-0.4, -0.2) is 21.0 Å². The molecule has 0 unspecified atom stereocenters. The van der Waals surface area contributed by atoms with Crippen molar-refractivity contribution in [3.63, 3.8) is 0 Å². The number of rotatable bonds is 2. The Morgan fingerprint density at radius 3 is 2.71 bits per heavy atom. The highest BCUT2D eigenvalue weighted by molar-refractivity contribution is 6.11. The summed E-state index contributed by atoms with van der Waals surface area (Å²) in [5.74, 6) is -1.28. The molecule has 0 bridgehead atoms. The van der Waals surface area contributed by atoms with Crippen molar-refractivity contribution in [1.82, 2.24) is 9.97 Å². The Morgan fingerprint density at radius 2 is 1.90 bits per heavy atom. The van der Waals surface area contributed by atoms with Crippen LogP contribution in [0.4, 0.5) is 10.2 Å². The summed E-state index contributed by atoms with van der Waals surface area (Å²) in [7, 11) is 0. The Balaban J connectivity index is 2.04. The minimum absolute atomic E-state index is 0.0100. The number of aromatic nitrogens is 2. The third-order valence-electron chi connectivity index (χ3n) is 2.93. The van der Waals surface area contributed by atoms with Gasteiger partial charge in [-0.1, -0.05) is 6.07 Å². The number of amides is 1. The highest BCUT2D eigenvalue weighted by Crippen LogP contribution is 2.22. The predicted molar refractivity (Wildman–Crippen MR) is 75.6 cm³/mol. The molecule has 1 aromatic carbocycles. The van der Waals surface area contributed by atoms with Crippen LogP contribution in [0.15, 0.2) is 48.8 Å². The fraction of sp³-hybridized carbons (Fsp3) is 0. The molecule has 2 N–H and O–H groups in total. The monoisotopic (exact) mass is 283 g/mol. The average molecular weight is 283 g/mol. The van der Waals surface area contributed by atoms with Crippen molar-refractivity contribution in [2.24, 2.45) is 0 Å². The van der Waals surface area contributed by atoms with Gasteiger partial charge in [0.05, 0.1) is 11.1 Å². The van der Waals surface area contributed by atoms with Crippen LogP contribution in [0.1, 0.15) is 10.4 Å². The van der Waals surface area contributed by atoms with Crippen LogP contribution in [0.3, 0.4) is 0 Å². The lowest BCUT2D eigenvalue weighted by Gasteiger charge is -2.08. The van der Waals surface area contributed by atoms with Crippen molar-refractivity contribution in [3.05, 3.63) is 60.2 Å². The van der Waals surface area contributed by atoms with Crippen LogP contribution in [-0.2, 0) is 0 Å². The molecule has 0 fully saturated rings. The van der Waals surface area contributed by atoms with Crippen molar-refractivity contribution >= 4 is 22.6 Å². The fourth-order valence-corrected chi connectivity index (χ4v) is 2.00. The van der Waals surface area contributed by atoms with E-state index in [2.05, 4.69) is 15.3 Å². The minimum Gasteiger partial charge on any atom is -0.504 e. The van der Waals surface area contributed by atoms with Crippen LogP contribution in [0.2, 0.25) is 0 Å². The smallest absolute Gasteiger partial charge is 0.259 e. The second-order valence-electron chi connectivity index (χ2n) is 4.35. The van der Waals surface area contributed by atoms with Crippen molar-refractivity contribution in [3.8, 4) is 5.75 Å². The maximum absolute atomic E-state index is 13.6. The number of carbonyl (C=O) groups is 1. The molecular formula is C15H10FN3O2. The van der Waals surface area contributed by atoms with Gasteiger partial charge < -0.3 is 10.4 Å². The molecular weight excluding hydrogens is 273 g/mol. The molecule has 0 aliphatic carbocycles. The molecule has 0 saturated heterocycles. The number of hydrogen-bond acceptors (Lipinski definition) is 4. The summed E-state index contributed by atoms with van der Waals surface area (Å²) < 4.78 is 13.6. The molecule has 2 heterocycles. The summed E-state index contributed by atoms with van der Waals surface area (Å²) in [5.41, 5.74) is 0.461. The summed E-state index contributed by atoms with van der Waals surface area (Å²) in [6, 6.07) is 8.66. The fourth-order valence-electron chi connectivity index (χ4n) is 2.00. The number of benzene rings is 1. The Bertz CT molecular complexity index is 836. The number of carbonyl (C=O) groups excluding carboxylic acids is 1. The molecule has 3 rings (SSSR count). The molecule has 6 heteroatoms. The summed E-state index contributed by atoms with van der Waals surface area (Å²) in [6.45, 7) is 0. The van der Waals surface area contributed by atoms with Gasteiger partial charge in [0.1, 0.15) is 5.82 Å². The Morgan fingerprint density at radius 1 is 1.14 bits per heavy atom. The predicted octanol–water partition coefficient (Wildman–Crippen LogP) is 2.73. The Hall–Kier alpha value is -3.02. The minimum atomic E-state index is -0.591. The molecule has 0 atom stereocenters. The van der Waals surface area contributed by atoms with Crippen molar-refractivity contribution < 1.29 is 14.3 Å². The Labute approximate surface area is 119 Å². The van der Waals surface area contributed by atoms with E-state index in [1.165, 1.54) is 30.6 Å². The first-order valence-electron chi connectivity index (χ1n) is 6.15. The highest BCUT2D eigenvalue weighted by Gasteiger charge is 2.15. The van der Waals surface area contributed by atoms with Gasteiger partial charge in [-0.2, -0.15) is 0 Å². The van der Waals surface area contributed by atoms with E-state index in [1.807, 2.05) is 0 Å². The van der Waals surface area contributed by atoms with Gasteiger partial charge in [0, 0.05) is 17.8 Å². The third kappa shape index (κ3) is 2.51. The third-order valence-corrected chi connectivity index (χ3v) is 2.93. The first-order chi connectivity index (χ1) is 10.1. The second-order valence-corrected chi connectivity index (χ2v) is 4.35. The molecule has 0 radical (unpaired) electrons. The van der Waals surface area contributed by atoms with Gasteiger partial charge in [0.25, 0.3) is 5.91 Å². The topological polar surface area (TPSA) is 75.1 Å². The summed E-state index contributed by atoms with van der Waals surface area (Å²) in [5, 5.41) is 12.6. The quantitative estimate of drug-likeness (QED) is 0.758. The van der Waals surface area contributed by atoms with Crippen LogP contribution in [0, 0.1) is 5.82 Å². The maximum Gasteiger partial charge on any atom is 0.259 e. The number of hydrogen-bond donors (Lipinski definition) is 2. The van der Waals surface area contributed by atoms with Gasteiger partial charge >= 0.3 is 0 Å². The average Bonchev–Trinajstić information content (AvgIpc) is 2.48. The van der Waals surface area contributed by atoms with Crippen LogP contribution >= 0.6 is 0 Å². The van der Waals surface area contributed by atoms with Gasteiger partial charge in [-0.25, -0.2) is 9.37 Å². The molecule has 5 nitrogen and oxygen atoms in total. The van der Waals surface area contributed by atoms with E-state index in [0.29, 0.717) is 10.9 Å². The summed E-state index contributed by atoms with van der Waals surface area (Å²) >= 11 is 0. The molecule has 0 aliphatic heterocycles. The van der Waals surface area contributed by atoms with E-state index >= 15 is 0 Å². The molecule has 0 aliphatic rings. The van der Waals surface area contributed by atoms with Crippen LogP contribution < -0.4 is 5.32 Å². The van der Waals surface area contributed by atoms with Gasteiger partial charge in [-0.05, 0) is 30.3 Å². The summed E-state index contributed by atoms with van der Waals surface area (Å²) in [6.07, 6.45) is 2.95. The van der Waals surface area contributed by atoms with Gasteiger partial charge in [-0.3, -0.25) is 9.78 Å². The number of pyridine rings is 2. The second kappa shape index (κ2) is 5.16. The van der Waals surface area contributed by atoms with E-state index in [-0.39, 0.29) is 17.1 Å². The molecule has 3 aromatic rings. The molecule has 21 heavy (non-hydrogen) atoms. The zero-order valence-electron chi connectivity index (χ0n) is 10.7. The van der Waals surface area contributed by atoms with E-state index in [9.17, 15) is 14.3 Å². The first kappa shape index (κ1) is 13.0. The zero-order chi connectivity index (χ0) is 14.8. The number of nitrogens with one attached hydrogen (secondary N) is 1. The van der Waals surface area contributed by atoms with Crippen molar-refractivity contribution in [1.29, 1.82) is 0 Å². The van der Waals surface area contributed by atoms with Gasteiger partial charge in [0.15, 0.2) is 11.6 Å². The molecule has 2 aromatic heterocycles. The molecule has 0 spiro atoms. The SMILES string of the molecule is O=C(Nc1ncccc1O)c1cc(F)cc2cccnc12. The van der Waals surface area contributed by atoms with E-state index < -0.39 is 11.7 Å². The lowest BCUT2D eigenvalue weighted by atomic mass is 10.1. The molecule has 0 saturated carbocycles. The van der Waals surface area contributed by atoms with Crippen LogP contribution in [0.25, 0.3) is 10.9 Å². The van der Waals surface area contributed by atoms with E-state index in [1.54, 1.807) is 12.1 Å². The van der Waals surface area contributed by atoms with Crippen molar-refractivity contribution in [2.75, 3.05) is 5.32 Å². The Kier molecular flexibility index (Phi) is 3.19. The number of aromatic hydroxyl groups is 1. The number of nitrogens with zero attached hydrogens (tertiary/aromatic N) is 2. The largest absolute Gasteiger partial charge is 0.504 e. The molecule has 1 amide bonds. The number of anilines is 1. The lowest BCUT2D eigenvalue weighted by Crippen LogP contribution is -2.14.